The highest BCUT2D eigenvalue weighted by molar-refractivity contribution is 5.68. The molecule has 0 amide bonds. The van der Waals surface area contributed by atoms with Gasteiger partial charge in [-0.25, -0.2) is 0 Å². The Balaban J connectivity index is 1.52. The number of para-hydroxylation sites is 1. The van der Waals surface area contributed by atoms with E-state index in [9.17, 15) is 5.11 Å². The fourth-order valence-electron chi connectivity index (χ4n) is 3.82. The summed E-state index contributed by atoms with van der Waals surface area (Å²) in [6.07, 6.45) is 2.71. The van der Waals surface area contributed by atoms with Crippen molar-refractivity contribution < 1.29 is 9.84 Å². The Morgan fingerprint density at radius 3 is 2.70 bits per heavy atom. The van der Waals surface area contributed by atoms with Crippen molar-refractivity contribution in [2.75, 3.05) is 12.3 Å². The lowest BCUT2D eigenvalue weighted by atomic mass is 9.36. The number of benzene rings is 1. The molecule has 3 N–H and O–H groups in total. The van der Waals surface area contributed by atoms with E-state index in [-0.39, 0.29) is 22.4 Å². The molecule has 1 heterocycles. The topological polar surface area (TPSA) is 105 Å². The van der Waals surface area contributed by atoms with Gasteiger partial charge in [-0.3, -0.25) is 0 Å². The molecule has 2 bridgehead atoms. The minimum absolute atomic E-state index is 0.0909. The molecule has 0 saturated heterocycles. The Morgan fingerprint density at radius 1 is 1.26 bits per heavy atom. The van der Waals surface area contributed by atoms with Gasteiger partial charge in [-0.05, 0) is 31.4 Å². The van der Waals surface area contributed by atoms with E-state index in [0.717, 1.165) is 19.3 Å². The second-order valence-corrected chi connectivity index (χ2v) is 6.71. The van der Waals surface area contributed by atoms with Crippen LogP contribution in [-0.2, 0) is 0 Å². The van der Waals surface area contributed by atoms with E-state index in [1.54, 1.807) is 24.3 Å². The van der Waals surface area contributed by atoms with Crippen molar-refractivity contribution in [2.24, 2.45) is 10.8 Å². The van der Waals surface area contributed by atoms with Gasteiger partial charge in [0.15, 0.2) is 11.6 Å². The number of rotatable bonds is 4. The number of hydrogen-bond acceptors (Lipinski definition) is 6. The van der Waals surface area contributed by atoms with Crippen LogP contribution in [0.5, 0.6) is 11.5 Å². The minimum atomic E-state index is -0.0909. The second kappa shape index (κ2) is 4.59. The van der Waals surface area contributed by atoms with E-state index in [1.165, 1.54) is 0 Å². The number of nitrogens with zero attached hydrogens (tertiary/aromatic N) is 3. The molecule has 116 valence electrons. The van der Waals surface area contributed by atoms with Crippen molar-refractivity contribution in [2.45, 2.75) is 19.3 Å². The van der Waals surface area contributed by atoms with Crippen LogP contribution >= 0.6 is 0 Å². The molecule has 0 aliphatic heterocycles. The Kier molecular flexibility index (Phi) is 2.76. The fourth-order valence-corrected chi connectivity index (χ4v) is 3.82. The number of nitrogen functional groups attached to an aromatic ring is 1. The highest BCUT2D eigenvalue weighted by Gasteiger charge is 2.68. The molecule has 1 aromatic carbocycles. The molecule has 3 saturated carbocycles. The van der Waals surface area contributed by atoms with Crippen LogP contribution in [0.2, 0.25) is 0 Å². The van der Waals surface area contributed by atoms with Crippen LogP contribution in [0.4, 0.5) is 5.82 Å². The van der Waals surface area contributed by atoms with Gasteiger partial charge < -0.3 is 15.6 Å². The van der Waals surface area contributed by atoms with Crippen LogP contribution in [-0.4, -0.2) is 21.9 Å². The van der Waals surface area contributed by atoms with Crippen molar-refractivity contribution in [3.63, 3.8) is 0 Å². The summed E-state index contributed by atoms with van der Waals surface area (Å²) in [7, 11) is 0. The van der Waals surface area contributed by atoms with Crippen molar-refractivity contribution in [1.29, 1.82) is 5.26 Å². The number of aromatic nitrogens is 2. The van der Waals surface area contributed by atoms with Crippen LogP contribution < -0.4 is 10.5 Å². The molecule has 2 aromatic rings. The van der Waals surface area contributed by atoms with Crippen LogP contribution in [0, 0.1) is 22.2 Å². The average molecular weight is 308 g/mol. The smallest absolute Gasteiger partial charge is 0.188 e. The summed E-state index contributed by atoms with van der Waals surface area (Å²) in [5.41, 5.74) is 6.98. The van der Waals surface area contributed by atoms with Crippen molar-refractivity contribution in [1.82, 2.24) is 10.2 Å². The monoisotopic (exact) mass is 308 g/mol. The molecule has 0 unspecified atom stereocenters. The molecule has 0 radical (unpaired) electrons. The first-order valence-electron chi connectivity index (χ1n) is 7.51. The Bertz CT molecular complexity index is 808. The zero-order chi connectivity index (χ0) is 16.1. The third-order valence-electron chi connectivity index (χ3n) is 4.88. The van der Waals surface area contributed by atoms with Crippen LogP contribution in [0.1, 0.15) is 19.3 Å². The van der Waals surface area contributed by atoms with E-state index < -0.39 is 0 Å². The maximum Gasteiger partial charge on any atom is 0.188 e. The predicted molar refractivity (Wildman–Crippen MR) is 83.4 cm³/mol. The standard InChI is InChI=1S/C17H16N4O2/c18-9-16-6-17(7-16,8-16)10-23-14-5-12(20-21-15(14)19)11-3-1-2-4-13(11)22/h1-5,22H,6-8,10H2,(H2,19,21). The Morgan fingerprint density at radius 2 is 2.00 bits per heavy atom. The van der Waals surface area contributed by atoms with Gasteiger partial charge in [0.05, 0.1) is 18.1 Å². The number of hydrogen-bond donors (Lipinski definition) is 2. The first-order chi connectivity index (χ1) is 11.0. The fraction of sp³-hybridized carbons (Fsp3) is 0.353. The van der Waals surface area contributed by atoms with Gasteiger partial charge in [-0.1, -0.05) is 12.1 Å². The van der Waals surface area contributed by atoms with Gasteiger partial charge in [-0.2, -0.15) is 5.26 Å². The third kappa shape index (κ3) is 2.08. The number of anilines is 1. The third-order valence-corrected chi connectivity index (χ3v) is 4.88. The van der Waals surface area contributed by atoms with E-state index in [2.05, 4.69) is 16.3 Å². The van der Waals surface area contributed by atoms with Crippen LogP contribution in [0.15, 0.2) is 30.3 Å². The zero-order valence-corrected chi connectivity index (χ0v) is 12.5. The largest absolute Gasteiger partial charge is 0.507 e. The maximum absolute atomic E-state index is 9.92. The molecule has 3 fully saturated rings. The Labute approximate surface area is 133 Å². The number of aromatic hydroxyl groups is 1. The molecule has 0 atom stereocenters. The van der Waals surface area contributed by atoms with Crippen molar-refractivity contribution in [3.8, 4) is 28.8 Å². The number of phenols is 1. The first kappa shape index (κ1) is 13.8. The lowest BCUT2D eigenvalue weighted by Crippen LogP contribution is -2.63. The summed E-state index contributed by atoms with van der Waals surface area (Å²) >= 11 is 0. The number of nitrogens with two attached hydrogens (primary N) is 1. The van der Waals surface area contributed by atoms with Gasteiger partial charge in [0.25, 0.3) is 0 Å². The molecule has 3 aliphatic rings. The Hall–Kier alpha value is -2.81. The number of nitriles is 1. The van der Waals surface area contributed by atoms with E-state index in [4.69, 9.17) is 15.7 Å². The molecule has 1 aromatic heterocycles. The molecule has 23 heavy (non-hydrogen) atoms. The molecule has 5 rings (SSSR count). The van der Waals surface area contributed by atoms with E-state index >= 15 is 0 Å². The summed E-state index contributed by atoms with van der Waals surface area (Å²) in [4.78, 5) is 0. The normalized spacial score (nSPS) is 27.4. The minimum Gasteiger partial charge on any atom is -0.507 e. The lowest BCUT2D eigenvalue weighted by molar-refractivity contribution is -0.181. The summed E-state index contributed by atoms with van der Waals surface area (Å²) in [5, 5.41) is 26.9. The predicted octanol–water partition coefficient (Wildman–Crippen LogP) is 2.50. The molecular weight excluding hydrogens is 292 g/mol. The summed E-state index contributed by atoms with van der Waals surface area (Å²) in [6.45, 7) is 0.534. The maximum atomic E-state index is 9.92. The average Bonchev–Trinajstić information content (AvgIpc) is 2.47. The van der Waals surface area contributed by atoms with Gasteiger partial charge >= 0.3 is 0 Å². The van der Waals surface area contributed by atoms with E-state index in [1.807, 2.05) is 6.07 Å². The molecule has 0 spiro atoms. The summed E-state index contributed by atoms with van der Waals surface area (Å²) in [6, 6.07) is 11.0. The number of ether oxygens (including phenoxy) is 1. The molecule has 6 nitrogen and oxygen atoms in total. The highest BCUT2D eigenvalue weighted by atomic mass is 16.5. The summed E-state index contributed by atoms with van der Waals surface area (Å²) < 4.78 is 5.85. The van der Waals surface area contributed by atoms with Crippen molar-refractivity contribution >= 4 is 5.82 Å². The first-order valence-corrected chi connectivity index (χ1v) is 7.51. The highest BCUT2D eigenvalue weighted by Crippen LogP contribution is 2.72. The SMILES string of the molecule is N#CC12CC(COc3cc(-c4ccccc4O)nnc3N)(C1)C2. The molecule has 6 heteroatoms. The second-order valence-electron chi connectivity index (χ2n) is 6.71. The number of phenolic OH excluding ortho intramolecular Hbond substituents is 1. The van der Waals surface area contributed by atoms with Gasteiger partial charge in [0.2, 0.25) is 0 Å². The van der Waals surface area contributed by atoms with Gasteiger partial charge in [-0.15, -0.1) is 10.2 Å². The molecular formula is C17H16N4O2. The van der Waals surface area contributed by atoms with Crippen LogP contribution in [0.25, 0.3) is 11.3 Å². The summed E-state index contributed by atoms with van der Waals surface area (Å²) in [5.74, 6) is 0.827. The molecule has 3 aliphatic carbocycles. The van der Waals surface area contributed by atoms with Crippen molar-refractivity contribution in [3.05, 3.63) is 30.3 Å². The quantitative estimate of drug-likeness (QED) is 0.899. The van der Waals surface area contributed by atoms with Gasteiger partial charge in [0.1, 0.15) is 11.4 Å². The zero-order valence-electron chi connectivity index (χ0n) is 12.5. The van der Waals surface area contributed by atoms with E-state index in [0.29, 0.717) is 23.6 Å². The van der Waals surface area contributed by atoms with Gasteiger partial charge in [0, 0.05) is 17.0 Å². The van der Waals surface area contributed by atoms with Crippen LogP contribution in [0.3, 0.4) is 0 Å². The lowest BCUT2D eigenvalue weighted by Gasteiger charge is -2.66.